The van der Waals surface area contributed by atoms with Crippen LogP contribution in [-0.4, -0.2) is 20.8 Å². The first-order chi connectivity index (χ1) is 10.5. The summed E-state index contributed by atoms with van der Waals surface area (Å²) in [4.78, 5) is 30.5. The zero-order chi connectivity index (χ0) is 15.7. The number of nitro groups is 1. The number of carbonyl (C=O) groups is 1. The highest BCUT2D eigenvalue weighted by atomic mass is 16.6. The van der Waals surface area contributed by atoms with Gasteiger partial charge in [-0.25, -0.2) is 4.98 Å². The number of oxazole rings is 1. The third-order valence-electron chi connectivity index (χ3n) is 3.04. The fourth-order valence-electron chi connectivity index (χ4n) is 2.07. The molecule has 3 rings (SSSR count). The highest BCUT2D eigenvalue weighted by molar-refractivity contribution is 6.07. The second-order valence-corrected chi connectivity index (χ2v) is 4.60. The molecule has 0 bridgehead atoms. The Bertz CT molecular complexity index is 874. The second kappa shape index (κ2) is 5.24. The molecule has 22 heavy (non-hydrogen) atoms. The van der Waals surface area contributed by atoms with Crippen LogP contribution in [0.1, 0.15) is 16.2 Å². The number of fused-ring (bicyclic) bond motifs is 1. The summed E-state index contributed by atoms with van der Waals surface area (Å²) in [5.74, 6) is -0.466. The van der Waals surface area contributed by atoms with Crippen molar-refractivity contribution in [2.24, 2.45) is 0 Å². The molecule has 1 aromatic carbocycles. The number of nitrogens with zero attached hydrogens (tertiary/aromatic N) is 3. The molecular formula is C14H10N4O4. The van der Waals surface area contributed by atoms with E-state index < -0.39 is 10.8 Å². The van der Waals surface area contributed by atoms with E-state index in [-0.39, 0.29) is 11.4 Å². The number of pyridine rings is 1. The maximum atomic E-state index is 12.1. The van der Waals surface area contributed by atoms with E-state index in [4.69, 9.17) is 4.42 Å². The number of rotatable bonds is 3. The maximum absolute atomic E-state index is 12.1. The monoisotopic (exact) mass is 298 g/mol. The lowest BCUT2D eigenvalue weighted by Crippen LogP contribution is -2.13. The first kappa shape index (κ1) is 13.7. The molecule has 0 saturated carbocycles. The standard InChI is InChI=1S/C14H10N4O4/c1-8-4-12(17-14(19)13-6-22-7-15-13)10-5-9(18(20)21)2-3-11(10)16-8/h2-7H,1H3,(H,16,17,19). The molecule has 8 heteroatoms. The number of nitro benzene ring substituents is 1. The molecule has 110 valence electrons. The minimum Gasteiger partial charge on any atom is -0.451 e. The highest BCUT2D eigenvalue weighted by Gasteiger charge is 2.14. The third kappa shape index (κ3) is 2.49. The maximum Gasteiger partial charge on any atom is 0.277 e. The molecule has 3 aromatic rings. The van der Waals surface area contributed by atoms with Crippen LogP contribution in [0.4, 0.5) is 11.4 Å². The summed E-state index contributed by atoms with van der Waals surface area (Å²) in [5, 5.41) is 14.1. The topological polar surface area (TPSA) is 111 Å². The van der Waals surface area contributed by atoms with Crippen LogP contribution in [0.2, 0.25) is 0 Å². The van der Waals surface area contributed by atoms with E-state index >= 15 is 0 Å². The Labute approximate surface area is 123 Å². The summed E-state index contributed by atoms with van der Waals surface area (Å²) in [6.45, 7) is 1.77. The molecule has 0 radical (unpaired) electrons. The van der Waals surface area contributed by atoms with Crippen LogP contribution in [0.3, 0.4) is 0 Å². The number of non-ortho nitro benzene ring substituents is 1. The van der Waals surface area contributed by atoms with Gasteiger partial charge in [-0.05, 0) is 19.1 Å². The molecule has 0 aliphatic heterocycles. The summed E-state index contributed by atoms with van der Waals surface area (Å²) in [5.41, 5.74) is 1.71. The molecule has 0 saturated heterocycles. The van der Waals surface area contributed by atoms with Gasteiger partial charge < -0.3 is 9.73 Å². The SMILES string of the molecule is Cc1cc(NC(=O)c2cocn2)c2cc([N+](=O)[O-])ccc2n1. The van der Waals surface area contributed by atoms with Crippen LogP contribution in [0.25, 0.3) is 10.9 Å². The van der Waals surface area contributed by atoms with Crippen molar-refractivity contribution >= 4 is 28.2 Å². The van der Waals surface area contributed by atoms with Gasteiger partial charge in [0.15, 0.2) is 12.1 Å². The minimum absolute atomic E-state index is 0.0740. The van der Waals surface area contributed by atoms with E-state index in [1.54, 1.807) is 19.1 Å². The Morgan fingerprint density at radius 1 is 1.36 bits per heavy atom. The molecule has 1 amide bonds. The predicted octanol–water partition coefficient (Wildman–Crippen LogP) is 2.69. The van der Waals surface area contributed by atoms with Gasteiger partial charge in [-0.15, -0.1) is 0 Å². The number of carbonyl (C=O) groups excluding carboxylic acids is 1. The molecular weight excluding hydrogens is 288 g/mol. The number of hydrogen-bond donors (Lipinski definition) is 1. The molecule has 0 fully saturated rings. The van der Waals surface area contributed by atoms with Crippen molar-refractivity contribution < 1.29 is 14.1 Å². The summed E-state index contributed by atoms with van der Waals surface area (Å²) in [6.07, 6.45) is 2.36. The van der Waals surface area contributed by atoms with E-state index in [0.29, 0.717) is 22.3 Å². The third-order valence-corrected chi connectivity index (χ3v) is 3.04. The van der Waals surface area contributed by atoms with Crippen molar-refractivity contribution in [2.75, 3.05) is 5.32 Å². The summed E-state index contributed by atoms with van der Waals surface area (Å²) in [7, 11) is 0. The first-order valence-corrected chi connectivity index (χ1v) is 6.30. The largest absolute Gasteiger partial charge is 0.451 e. The average molecular weight is 298 g/mol. The van der Waals surface area contributed by atoms with Crippen molar-refractivity contribution in [2.45, 2.75) is 6.92 Å². The molecule has 8 nitrogen and oxygen atoms in total. The lowest BCUT2D eigenvalue weighted by molar-refractivity contribution is -0.384. The van der Waals surface area contributed by atoms with Crippen LogP contribution in [0.15, 0.2) is 41.3 Å². The Kier molecular flexibility index (Phi) is 3.26. The van der Waals surface area contributed by atoms with Gasteiger partial charge in [0.05, 0.1) is 16.1 Å². The van der Waals surface area contributed by atoms with Gasteiger partial charge in [0.1, 0.15) is 6.26 Å². The fourth-order valence-corrected chi connectivity index (χ4v) is 2.07. The van der Waals surface area contributed by atoms with Gasteiger partial charge in [-0.1, -0.05) is 0 Å². The Balaban J connectivity index is 2.08. The van der Waals surface area contributed by atoms with Gasteiger partial charge in [0.2, 0.25) is 0 Å². The minimum atomic E-state index is -0.497. The summed E-state index contributed by atoms with van der Waals surface area (Å²) in [6, 6.07) is 5.94. The van der Waals surface area contributed by atoms with Crippen LogP contribution in [0, 0.1) is 17.0 Å². The van der Waals surface area contributed by atoms with Gasteiger partial charge in [0.25, 0.3) is 11.6 Å². The fraction of sp³-hybridized carbons (Fsp3) is 0.0714. The van der Waals surface area contributed by atoms with E-state index in [0.717, 1.165) is 6.39 Å². The van der Waals surface area contributed by atoms with Gasteiger partial charge >= 0.3 is 0 Å². The highest BCUT2D eigenvalue weighted by Crippen LogP contribution is 2.27. The second-order valence-electron chi connectivity index (χ2n) is 4.60. The van der Waals surface area contributed by atoms with Gasteiger partial charge in [-0.2, -0.15) is 0 Å². The molecule has 0 atom stereocenters. The molecule has 0 aliphatic carbocycles. The quantitative estimate of drug-likeness (QED) is 0.587. The number of aromatic nitrogens is 2. The van der Waals surface area contributed by atoms with Crippen LogP contribution < -0.4 is 5.32 Å². The van der Waals surface area contributed by atoms with Crippen LogP contribution >= 0.6 is 0 Å². The predicted molar refractivity (Wildman–Crippen MR) is 77.6 cm³/mol. The lowest BCUT2D eigenvalue weighted by atomic mass is 10.1. The smallest absolute Gasteiger partial charge is 0.277 e. The molecule has 0 aliphatic rings. The van der Waals surface area contributed by atoms with Gasteiger partial charge in [-0.3, -0.25) is 19.9 Å². The first-order valence-electron chi connectivity index (χ1n) is 6.30. The number of anilines is 1. The lowest BCUT2D eigenvalue weighted by Gasteiger charge is -2.08. The van der Waals surface area contributed by atoms with Crippen molar-refractivity contribution in [3.63, 3.8) is 0 Å². The van der Waals surface area contributed by atoms with Crippen LogP contribution in [0.5, 0.6) is 0 Å². The van der Waals surface area contributed by atoms with E-state index in [9.17, 15) is 14.9 Å². The molecule has 2 heterocycles. The van der Waals surface area contributed by atoms with E-state index in [1.807, 2.05) is 0 Å². The number of hydrogen-bond acceptors (Lipinski definition) is 6. The molecule has 0 spiro atoms. The van der Waals surface area contributed by atoms with E-state index in [1.165, 1.54) is 18.4 Å². The number of nitrogens with one attached hydrogen (secondary N) is 1. The van der Waals surface area contributed by atoms with Crippen molar-refractivity contribution in [1.29, 1.82) is 0 Å². The zero-order valence-electron chi connectivity index (χ0n) is 11.4. The molecule has 0 unspecified atom stereocenters. The zero-order valence-corrected chi connectivity index (χ0v) is 11.4. The number of benzene rings is 1. The number of amides is 1. The van der Waals surface area contributed by atoms with Crippen molar-refractivity contribution in [1.82, 2.24) is 9.97 Å². The summed E-state index contributed by atoms with van der Waals surface area (Å²) >= 11 is 0. The number of aryl methyl sites for hydroxylation is 1. The van der Waals surface area contributed by atoms with Crippen molar-refractivity contribution in [3.05, 3.63) is 58.4 Å². The van der Waals surface area contributed by atoms with E-state index in [2.05, 4.69) is 15.3 Å². The Hall–Kier alpha value is -3.29. The summed E-state index contributed by atoms with van der Waals surface area (Å²) < 4.78 is 4.76. The van der Waals surface area contributed by atoms with Gasteiger partial charge in [0, 0.05) is 23.2 Å². The molecule has 1 N–H and O–H groups in total. The molecule has 2 aromatic heterocycles. The Morgan fingerprint density at radius 2 is 2.18 bits per heavy atom. The average Bonchev–Trinajstić information content (AvgIpc) is 3.00. The normalized spacial score (nSPS) is 10.6. The van der Waals surface area contributed by atoms with Crippen LogP contribution in [-0.2, 0) is 0 Å². The van der Waals surface area contributed by atoms with Crippen molar-refractivity contribution in [3.8, 4) is 0 Å². The Morgan fingerprint density at radius 3 is 2.86 bits per heavy atom.